The lowest BCUT2D eigenvalue weighted by Gasteiger charge is -2.16. The van der Waals surface area contributed by atoms with Crippen LogP contribution in [-0.4, -0.2) is 14.2 Å². The van der Waals surface area contributed by atoms with Gasteiger partial charge in [-0.25, -0.2) is 9.65 Å². The molecule has 0 saturated carbocycles. The van der Waals surface area contributed by atoms with E-state index in [-0.39, 0.29) is 0 Å². The molecule has 0 aromatic heterocycles. The average Bonchev–Trinajstić information content (AvgIpc) is 2.21. The van der Waals surface area contributed by atoms with Gasteiger partial charge in [-0.15, -0.1) is 0 Å². The molecular weight excluding hydrogens is 225 g/mol. The highest BCUT2D eigenvalue weighted by Gasteiger charge is 2.22. The Kier molecular flexibility index (Phi) is 3.96. The summed E-state index contributed by atoms with van der Waals surface area (Å²) in [7, 11) is -0.477. The number of nitrogens with one attached hydrogen (secondary N) is 1. The summed E-state index contributed by atoms with van der Waals surface area (Å²) in [5.41, 5.74) is 0. The minimum absolute atomic E-state index is 0.328. The van der Waals surface area contributed by atoms with Crippen molar-refractivity contribution in [1.29, 1.82) is 0 Å². The Balaban J connectivity index is 2.88. The molecule has 1 aromatic carbocycles. The van der Waals surface area contributed by atoms with Gasteiger partial charge in [0.15, 0.2) is 0 Å². The van der Waals surface area contributed by atoms with E-state index in [9.17, 15) is 4.57 Å². The molecule has 6 heteroatoms. The molecule has 0 spiro atoms. The summed E-state index contributed by atoms with van der Waals surface area (Å²) in [5, 5.41) is 2.85. The molecule has 1 rings (SSSR count). The van der Waals surface area contributed by atoms with E-state index >= 15 is 0 Å². The smallest absolute Gasteiger partial charge is 0.412 e. The molecule has 1 N–H and O–H groups in total. The fourth-order valence-electron chi connectivity index (χ4n) is 0.822. The Bertz CT molecular complexity index is 350. The molecule has 0 saturated heterocycles. The standard InChI is InChI=1S/C8H11ClNO3P/c1-10-14(11,12-2)13-8-6-4-3-5-7(8)9/h3-6H,1-2H3,(H,10,11). The predicted octanol–water partition coefficient (Wildman–Crippen LogP) is 2.69. The molecule has 14 heavy (non-hydrogen) atoms. The van der Waals surface area contributed by atoms with Crippen molar-refractivity contribution in [2.24, 2.45) is 0 Å². The lowest BCUT2D eigenvalue weighted by atomic mass is 10.3. The second-order valence-electron chi connectivity index (χ2n) is 2.43. The van der Waals surface area contributed by atoms with Crippen LogP contribution in [0.3, 0.4) is 0 Å². The van der Waals surface area contributed by atoms with E-state index in [0.29, 0.717) is 10.8 Å². The van der Waals surface area contributed by atoms with E-state index < -0.39 is 7.75 Å². The van der Waals surface area contributed by atoms with Crippen LogP contribution in [0.2, 0.25) is 5.02 Å². The minimum atomic E-state index is -3.26. The Morgan fingerprint density at radius 2 is 2.07 bits per heavy atom. The van der Waals surface area contributed by atoms with Gasteiger partial charge in [0.25, 0.3) is 0 Å². The molecule has 1 atom stereocenters. The van der Waals surface area contributed by atoms with Crippen LogP contribution in [0.5, 0.6) is 5.75 Å². The quantitative estimate of drug-likeness (QED) is 0.815. The number of para-hydroxylation sites is 1. The number of benzene rings is 1. The molecule has 0 aliphatic heterocycles. The van der Waals surface area contributed by atoms with E-state index in [2.05, 4.69) is 5.09 Å². The van der Waals surface area contributed by atoms with Crippen molar-refractivity contribution >= 4 is 19.3 Å². The van der Waals surface area contributed by atoms with Gasteiger partial charge in [-0.3, -0.25) is 4.52 Å². The van der Waals surface area contributed by atoms with Crippen molar-refractivity contribution in [3.63, 3.8) is 0 Å². The minimum Gasteiger partial charge on any atom is -0.412 e. The average molecular weight is 236 g/mol. The predicted molar refractivity (Wildman–Crippen MR) is 55.8 cm³/mol. The zero-order chi connectivity index (χ0) is 10.6. The Morgan fingerprint density at radius 1 is 1.43 bits per heavy atom. The molecule has 0 bridgehead atoms. The van der Waals surface area contributed by atoms with Crippen LogP contribution in [0.25, 0.3) is 0 Å². The summed E-state index contributed by atoms with van der Waals surface area (Å²) in [4.78, 5) is 0. The van der Waals surface area contributed by atoms with E-state index in [1.54, 1.807) is 24.3 Å². The van der Waals surface area contributed by atoms with Gasteiger partial charge in [0.1, 0.15) is 5.75 Å². The molecule has 1 unspecified atom stereocenters. The molecule has 1 aromatic rings. The number of hydrogen-bond donors (Lipinski definition) is 1. The maximum atomic E-state index is 11.7. The zero-order valence-corrected chi connectivity index (χ0v) is 9.51. The first-order chi connectivity index (χ1) is 6.61. The molecule has 0 heterocycles. The van der Waals surface area contributed by atoms with Crippen LogP contribution in [0.4, 0.5) is 0 Å². The molecular formula is C8H11ClNO3P. The van der Waals surface area contributed by atoms with Crippen molar-refractivity contribution in [3.05, 3.63) is 29.3 Å². The normalized spacial score (nSPS) is 14.8. The van der Waals surface area contributed by atoms with Crippen LogP contribution >= 0.6 is 19.3 Å². The molecule has 0 amide bonds. The maximum absolute atomic E-state index is 11.7. The van der Waals surface area contributed by atoms with E-state index in [1.807, 2.05) is 0 Å². The van der Waals surface area contributed by atoms with Gasteiger partial charge in [-0.1, -0.05) is 23.7 Å². The van der Waals surface area contributed by atoms with Crippen LogP contribution in [0, 0.1) is 0 Å². The van der Waals surface area contributed by atoms with Crippen molar-refractivity contribution in [1.82, 2.24) is 5.09 Å². The highest BCUT2D eigenvalue weighted by Crippen LogP contribution is 2.44. The van der Waals surface area contributed by atoms with Gasteiger partial charge in [0.05, 0.1) is 5.02 Å². The monoisotopic (exact) mass is 235 g/mol. The Labute approximate surface area is 87.8 Å². The van der Waals surface area contributed by atoms with Crippen LogP contribution < -0.4 is 9.61 Å². The summed E-state index contributed by atoms with van der Waals surface area (Å²) < 4.78 is 21.5. The third-order valence-corrected chi connectivity index (χ3v) is 3.35. The van der Waals surface area contributed by atoms with Crippen molar-refractivity contribution < 1.29 is 13.6 Å². The number of halogens is 1. The van der Waals surface area contributed by atoms with Crippen LogP contribution in [0.1, 0.15) is 0 Å². The van der Waals surface area contributed by atoms with E-state index in [4.69, 9.17) is 20.6 Å². The SMILES string of the molecule is CNP(=O)(OC)Oc1ccccc1Cl. The maximum Gasteiger partial charge on any atom is 0.458 e. The molecule has 0 fully saturated rings. The van der Waals surface area contributed by atoms with Gasteiger partial charge in [-0.2, -0.15) is 0 Å². The summed E-state index contributed by atoms with van der Waals surface area (Å²) in [6.45, 7) is 0. The highest BCUT2D eigenvalue weighted by atomic mass is 35.5. The Hall–Kier alpha value is -0.540. The van der Waals surface area contributed by atoms with Gasteiger partial charge >= 0.3 is 7.75 Å². The first-order valence-corrected chi connectivity index (χ1v) is 5.82. The summed E-state index contributed by atoms with van der Waals surface area (Å²) in [6.07, 6.45) is 0. The van der Waals surface area contributed by atoms with Crippen molar-refractivity contribution in [2.45, 2.75) is 0 Å². The topological polar surface area (TPSA) is 47.6 Å². The molecule has 0 aliphatic rings. The van der Waals surface area contributed by atoms with E-state index in [0.717, 1.165) is 0 Å². The molecule has 4 nitrogen and oxygen atoms in total. The largest absolute Gasteiger partial charge is 0.458 e. The van der Waals surface area contributed by atoms with E-state index in [1.165, 1.54) is 14.2 Å². The lowest BCUT2D eigenvalue weighted by molar-refractivity contribution is 0.313. The molecule has 0 aliphatic carbocycles. The Morgan fingerprint density at radius 3 is 2.57 bits per heavy atom. The summed E-state index contributed by atoms with van der Waals surface area (Å²) >= 11 is 5.81. The first-order valence-electron chi connectivity index (χ1n) is 3.90. The molecule has 0 radical (unpaired) electrons. The molecule has 78 valence electrons. The van der Waals surface area contributed by atoms with Crippen molar-refractivity contribution in [2.75, 3.05) is 14.2 Å². The highest BCUT2D eigenvalue weighted by molar-refractivity contribution is 7.52. The van der Waals surface area contributed by atoms with Gasteiger partial charge < -0.3 is 4.52 Å². The number of hydrogen-bond acceptors (Lipinski definition) is 3. The fraction of sp³-hybridized carbons (Fsp3) is 0.250. The zero-order valence-electron chi connectivity index (χ0n) is 7.86. The second-order valence-corrected chi connectivity index (χ2v) is 4.82. The third kappa shape index (κ3) is 2.72. The van der Waals surface area contributed by atoms with Gasteiger partial charge in [-0.05, 0) is 19.2 Å². The van der Waals surface area contributed by atoms with Crippen LogP contribution in [0.15, 0.2) is 24.3 Å². The number of rotatable bonds is 4. The fourth-order valence-corrected chi connectivity index (χ4v) is 1.82. The third-order valence-electron chi connectivity index (χ3n) is 1.57. The second kappa shape index (κ2) is 4.80. The lowest BCUT2D eigenvalue weighted by Crippen LogP contribution is -2.10. The summed E-state index contributed by atoms with van der Waals surface area (Å²) in [6, 6.07) is 6.75. The van der Waals surface area contributed by atoms with Gasteiger partial charge in [0.2, 0.25) is 0 Å². The van der Waals surface area contributed by atoms with Gasteiger partial charge in [0, 0.05) is 7.11 Å². The first kappa shape index (κ1) is 11.5. The van der Waals surface area contributed by atoms with Crippen LogP contribution in [-0.2, 0) is 9.09 Å². The van der Waals surface area contributed by atoms with Crippen molar-refractivity contribution in [3.8, 4) is 5.75 Å². The summed E-state index contributed by atoms with van der Waals surface area (Å²) in [5.74, 6) is 0.328.